The van der Waals surface area contributed by atoms with E-state index in [1.54, 1.807) is 0 Å². The largest absolute Gasteiger partial charge is 0.468 e. The lowest BCUT2D eigenvalue weighted by atomic mass is 9.93. The summed E-state index contributed by atoms with van der Waals surface area (Å²) in [5, 5.41) is 3.75. The van der Waals surface area contributed by atoms with Gasteiger partial charge < -0.3 is 18.7 Å². The first-order chi connectivity index (χ1) is 13.2. The maximum atomic E-state index is 11.8. The van der Waals surface area contributed by atoms with Gasteiger partial charge in [0.05, 0.1) is 26.6 Å². The summed E-state index contributed by atoms with van der Waals surface area (Å²) in [6.45, 7) is 3.92. The van der Waals surface area contributed by atoms with Crippen molar-refractivity contribution in [1.82, 2.24) is 5.16 Å². The Kier molecular flexibility index (Phi) is 10.1. The fraction of sp³-hybridized carbons (Fsp3) is 0.556. The lowest BCUT2D eigenvalue weighted by molar-refractivity contribution is -0.144. The molecule has 0 aromatic carbocycles. The van der Waals surface area contributed by atoms with E-state index in [4.69, 9.17) is 18.7 Å². The lowest BCUT2D eigenvalue weighted by Crippen LogP contribution is -2.19. The van der Waals surface area contributed by atoms with Crippen LogP contribution in [-0.2, 0) is 28.6 Å². The molecule has 0 aliphatic rings. The third-order valence-corrected chi connectivity index (χ3v) is 3.76. The molecule has 1 heterocycles. The average molecular weight is 413 g/mol. The second-order valence-electron chi connectivity index (χ2n) is 5.78. The van der Waals surface area contributed by atoms with Crippen molar-refractivity contribution in [2.75, 3.05) is 39.8 Å². The molecule has 0 aliphatic carbocycles. The van der Waals surface area contributed by atoms with Crippen molar-refractivity contribution in [2.24, 2.45) is 5.92 Å². The number of esters is 1. The minimum atomic E-state index is -3.46. The number of nitrogens with zero attached hydrogens (tertiary/aromatic N) is 1. The number of methoxy groups -OCH3 is 1. The first-order valence-electron chi connectivity index (χ1n) is 8.29. The number of carbonyl (C=O) groups excluding carboxylic acids is 1. The number of carbonyl (C=O) groups is 1. The molecule has 0 spiro atoms. The van der Waals surface area contributed by atoms with Crippen molar-refractivity contribution in [3.05, 3.63) is 11.8 Å². The molecular formula is C18H23NO8S. The van der Waals surface area contributed by atoms with Gasteiger partial charge in [0, 0.05) is 6.07 Å². The molecule has 9 nitrogen and oxygen atoms in total. The van der Waals surface area contributed by atoms with E-state index < -0.39 is 22.0 Å². The molecule has 154 valence electrons. The van der Waals surface area contributed by atoms with Gasteiger partial charge in [0.15, 0.2) is 12.4 Å². The van der Waals surface area contributed by atoms with E-state index >= 15 is 0 Å². The zero-order valence-electron chi connectivity index (χ0n) is 16.2. The zero-order chi connectivity index (χ0) is 21.0. The molecule has 1 aromatic rings. The molecular weight excluding hydrogens is 390 g/mol. The average Bonchev–Trinajstić information content (AvgIpc) is 3.06. The number of aromatic nitrogens is 1. The van der Waals surface area contributed by atoms with Crippen LogP contribution in [0.2, 0.25) is 0 Å². The van der Waals surface area contributed by atoms with Crippen LogP contribution in [0.15, 0.2) is 10.6 Å². The minimum Gasteiger partial charge on any atom is -0.468 e. The van der Waals surface area contributed by atoms with Crippen molar-refractivity contribution in [3.63, 3.8) is 0 Å². The van der Waals surface area contributed by atoms with Gasteiger partial charge in [-0.3, -0.25) is 8.98 Å². The Morgan fingerprint density at radius 1 is 1.21 bits per heavy atom. The molecule has 0 saturated carbocycles. The molecule has 0 N–H and O–H groups in total. The molecule has 10 heteroatoms. The molecule has 28 heavy (non-hydrogen) atoms. The summed E-state index contributed by atoms with van der Waals surface area (Å²) in [5.41, 5.74) is 0. The normalized spacial score (nSPS) is 11.8. The van der Waals surface area contributed by atoms with Crippen LogP contribution < -0.4 is 4.74 Å². The van der Waals surface area contributed by atoms with Crippen LogP contribution in [0.3, 0.4) is 0 Å². The second-order valence-corrected chi connectivity index (χ2v) is 7.43. The molecule has 0 radical (unpaired) electrons. The van der Waals surface area contributed by atoms with E-state index in [-0.39, 0.29) is 38.2 Å². The van der Waals surface area contributed by atoms with Gasteiger partial charge in [-0.15, -0.1) is 0 Å². The maximum absolute atomic E-state index is 11.8. The summed E-state index contributed by atoms with van der Waals surface area (Å²) < 4.78 is 46.2. The van der Waals surface area contributed by atoms with Gasteiger partial charge >= 0.3 is 5.97 Å². The summed E-state index contributed by atoms with van der Waals surface area (Å²) in [5.74, 6) is 10.0. The van der Waals surface area contributed by atoms with Gasteiger partial charge in [0.1, 0.15) is 12.5 Å². The summed E-state index contributed by atoms with van der Waals surface area (Å²) in [6.07, 6.45) is 0.964. The maximum Gasteiger partial charge on any atom is 0.316 e. The Hall–Kier alpha value is -2.53. The van der Waals surface area contributed by atoms with Crippen LogP contribution >= 0.6 is 0 Å². The van der Waals surface area contributed by atoms with Gasteiger partial charge in [0.25, 0.3) is 16.0 Å². The standard InChI is InChI=1S/C18H23NO8S/c1-14(2)17(18(20)23-3)15-13-16(19-27-15)25-10-8-6-5-7-9-24-11-12-26-28(4,21)22/h13-14,17H,9-12H2,1-4H3. The van der Waals surface area contributed by atoms with Crippen molar-refractivity contribution in [2.45, 2.75) is 19.8 Å². The second kappa shape index (κ2) is 12.0. The number of hydrogen-bond acceptors (Lipinski definition) is 9. The van der Waals surface area contributed by atoms with Crippen molar-refractivity contribution in [1.29, 1.82) is 0 Å². The minimum absolute atomic E-state index is 0.0246. The van der Waals surface area contributed by atoms with E-state index in [1.165, 1.54) is 13.2 Å². The highest BCUT2D eigenvalue weighted by molar-refractivity contribution is 7.85. The monoisotopic (exact) mass is 413 g/mol. The summed E-state index contributed by atoms with van der Waals surface area (Å²) in [7, 11) is -2.14. The van der Waals surface area contributed by atoms with Gasteiger partial charge in [-0.2, -0.15) is 8.42 Å². The molecule has 0 saturated heterocycles. The highest BCUT2D eigenvalue weighted by Crippen LogP contribution is 2.28. The van der Waals surface area contributed by atoms with Gasteiger partial charge in [0.2, 0.25) is 0 Å². The van der Waals surface area contributed by atoms with Crippen LogP contribution in [-0.4, -0.2) is 59.3 Å². The molecule has 0 bridgehead atoms. The third-order valence-electron chi connectivity index (χ3n) is 3.17. The van der Waals surface area contributed by atoms with E-state index in [0.717, 1.165) is 6.26 Å². The number of hydrogen-bond donors (Lipinski definition) is 0. The molecule has 0 fully saturated rings. The summed E-state index contributed by atoms with van der Waals surface area (Å²) in [6, 6.07) is 1.53. The summed E-state index contributed by atoms with van der Waals surface area (Å²) >= 11 is 0. The Morgan fingerprint density at radius 2 is 1.89 bits per heavy atom. The summed E-state index contributed by atoms with van der Waals surface area (Å²) in [4.78, 5) is 11.8. The Morgan fingerprint density at radius 3 is 2.50 bits per heavy atom. The van der Waals surface area contributed by atoms with E-state index in [0.29, 0.717) is 5.76 Å². The number of ether oxygens (including phenoxy) is 3. The molecule has 0 aliphatic heterocycles. The van der Waals surface area contributed by atoms with Gasteiger partial charge in [-0.05, 0) is 28.8 Å². The van der Waals surface area contributed by atoms with E-state index in [1.807, 2.05) is 13.8 Å². The molecule has 1 atom stereocenters. The quantitative estimate of drug-likeness (QED) is 0.239. The van der Waals surface area contributed by atoms with E-state index in [9.17, 15) is 13.2 Å². The van der Waals surface area contributed by atoms with Crippen LogP contribution in [0.1, 0.15) is 25.5 Å². The topological polar surface area (TPSA) is 114 Å². The zero-order valence-corrected chi connectivity index (χ0v) is 17.0. The molecule has 1 unspecified atom stereocenters. The fourth-order valence-electron chi connectivity index (χ4n) is 1.97. The van der Waals surface area contributed by atoms with Crippen LogP contribution in [0, 0.1) is 29.6 Å². The molecule has 1 rings (SSSR count). The van der Waals surface area contributed by atoms with Crippen molar-refractivity contribution in [3.8, 4) is 29.6 Å². The Bertz CT molecular complexity index is 851. The Balaban J connectivity index is 2.35. The van der Waals surface area contributed by atoms with Crippen LogP contribution in [0.4, 0.5) is 0 Å². The predicted molar refractivity (Wildman–Crippen MR) is 98.8 cm³/mol. The Labute approximate surface area is 164 Å². The smallest absolute Gasteiger partial charge is 0.316 e. The van der Waals surface area contributed by atoms with Gasteiger partial charge in [-0.25, -0.2) is 0 Å². The molecule has 1 aromatic heterocycles. The van der Waals surface area contributed by atoms with Crippen molar-refractivity contribution >= 4 is 16.1 Å². The highest BCUT2D eigenvalue weighted by Gasteiger charge is 2.29. The van der Waals surface area contributed by atoms with E-state index in [2.05, 4.69) is 33.0 Å². The fourth-order valence-corrected chi connectivity index (χ4v) is 2.34. The lowest BCUT2D eigenvalue weighted by Gasteiger charge is -2.14. The van der Waals surface area contributed by atoms with Crippen LogP contribution in [0.25, 0.3) is 0 Å². The third kappa shape index (κ3) is 9.42. The van der Waals surface area contributed by atoms with Gasteiger partial charge in [-0.1, -0.05) is 19.8 Å². The first-order valence-corrected chi connectivity index (χ1v) is 10.1. The molecule has 0 amide bonds. The van der Waals surface area contributed by atoms with Crippen molar-refractivity contribution < 1.29 is 36.1 Å². The highest BCUT2D eigenvalue weighted by atomic mass is 32.2. The number of rotatable bonds is 10. The van der Waals surface area contributed by atoms with Crippen LogP contribution in [0.5, 0.6) is 5.88 Å². The predicted octanol–water partition coefficient (Wildman–Crippen LogP) is 0.966. The first kappa shape index (κ1) is 23.5. The SMILES string of the molecule is COC(=O)C(c1cc(OCC#CC#CCOCCOS(C)(=O)=O)no1)C(C)C.